The van der Waals surface area contributed by atoms with E-state index in [1.165, 1.54) is 5.56 Å². The van der Waals surface area contributed by atoms with Crippen molar-refractivity contribution in [1.29, 1.82) is 0 Å². The van der Waals surface area contributed by atoms with E-state index in [2.05, 4.69) is 26.0 Å². The summed E-state index contributed by atoms with van der Waals surface area (Å²) in [6, 6.07) is 20.1. The van der Waals surface area contributed by atoms with Gasteiger partial charge in [-0.2, -0.15) is 0 Å². The summed E-state index contributed by atoms with van der Waals surface area (Å²) >= 11 is 3.20. The standard InChI is InChI=1S/C25H24N2O2S2/c1-3-25(2)14-19-20(15-29-25)31-22-21(19)23(28)27(18-12-8-5-9-13-18)24(26-22)30-16-17-10-6-4-7-11-17/h4-13H,3,14-16H2,1-2H3. The van der Waals surface area contributed by atoms with Crippen molar-refractivity contribution >= 4 is 33.3 Å². The molecule has 0 fully saturated rings. The van der Waals surface area contributed by atoms with Crippen LogP contribution in [0, 0.1) is 0 Å². The first-order valence-electron chi connectivity index (χ1n) is 10.5. The van der Waals surface area contributed by atoms with Gasteiger partial charge in [0.25, 0.3) is 5.56 Å². The number of rotatable bonds is 5. The van der Waals surface area contributed by atoms with Gasteiger partial charge in [-0.25, -0.2) is 4.98 Å². The van der Waals surface area contributed by atoms with Crippen molar-refractivity contribution in [3.05, 3.63) is 87.0 Å². The third kappa shape index (κ3) is 3.84. The fourth-order valence-electron chi connectivity index (χ4n) is 3.95. The van der Waals surface area contributed by atoms with Crippen LogP contribution in [0.25, 0.3) is 15.9 Å². The summed E-state index contributed by atoms with van der Waals surface area (Å²) in [6.45, 7) is 4.82. The van der Waals surface area contributed by atoms with Crippen LogP contribution in [0.15, 0.2) is 70.6 Å². The molecule has 1 aliphatic heterocycles. The molecule has 158 valence electrons. The smallest absolute Gasteiger partial charge is 0.267 e. The first kappa shape index (κ1) is 20.5. The third-order valence-electron chi connectivity index (χ3n) is 5.95. The van der Waals surface area contributed by atoms with Crippen LogP contribution >= 0.6 is 23.1 Å². The van der Waals surface area contributed by atoms with E-state index in [1.54, 1.807) is 27.7 Å². The van der Waals surface area contributed by atoms with Gasteiger partial charge in [0.15, 0.2) is 5.16 Å². The van der Waals surface area contributed by atoms with Crippen molar-refractivity contribution in [2.24, 2.45) is 0 Å². The summed E-state index contributed by atoms with van der Waals surface area (Å²) in [4.78, 5) is 20.8. The lowest BCUT2D eigenvalue weighted by atomic mass is 9.90. The van der Waals surface area contributed by atoms with Crippen molar-refractivity contribution in [2.75, 3.05) is 0 Å². The first-order valence-corrected chi connectivity index (χ1v) is 12.3. The fourth-order valence-corrected chi connectivity index (χ4v) is 6.06. The average Bonchev–Trinajstić information content (AvgIpc) is 3.16. The number of nitrogens with zero attached hydrogens (tertiary/aromatic N) is 2. The number of benzene rings is 2. The summed E-state index contributed by atoms with van der Waals surface area (Å²) in [7, 11) is 0. The molecule has 1 atom stereocenters. The highest BCUT2D eigenvalue weighted by Crippen LogP contribution is 2.39. The van der Waals surface area contributed by atoms with Crippen LogP contribution in [-0.2, 0) is 23.5 Å². The number of thiophene rings is 1. The number of ether oxygens (including phenoxy) is 1. The van der Waals surface area contributed by atoms with Crippen LogP contribution < -0.4 is 5.56 Å². The van der Waals surface area contributed by atoms with Crippen LogP contribution in [-0.4, -0.2) is 15.2 Å². The maximum Gasteiger partial charge on any atom is 0.267 e. The molecule has 0 amide bonds. The molecule has 3 heterocycles. The highest BCUT2D eigenvalue weighted by molar-refractivity contribution is 7.98. The van der Waals surface area contributed by atoms with E-state index in [0.29, 0.717) is 6.61 Å². The molecule has 0 saturated heterocycles. The van der Waals surface area contributed by atoms with Crippen LogP contribution in [0.4, 0.5) is 0 Å². The Kier molecular flexibility index (Phi) is 5.46. The van der Waals surface area contributed by atoms with E-state index >= 15 is 0 Å². The Morgan fingerprint density at radius 2 is 1.84 bits per heavy atom. The Morgan fingerprint density at radius 1 is 1.13 bits per heavy atom. The third-order valence-corrected chi connectivity index (χ3v) is 8.06. The van der Waals surface area contributed by atoms with E-state index in [-0.39, 0.29) is 11.2 Å². The summed E-state index contributed by atoms with van der Waals surface area (Å²) in [5.41, 5.74) is 2.97. The van der Waals surface area contributed by atoms with Gasteiger partial charge < -0.3 is 4.74 Å². The fraction of sp³-hybridized carbons (Fsp3) is 0.280. The molecule has 0 N–H and O–H groups in total. The van der Waals surface area contributed by atoms with Crippen molar-refractivity contribution in [3.8, 4) is 5.69 Å². The molecule has 0 bridgehead atoms. The van der Waals surface area contributed by atoms with Crippen molar-refractivity contribution in [2.45, 2.75) is 49.8 Å². The Morgan fingerprint density at radius 3 is 2.55 bits per heavy atom. The van der Waals surface area contributed by atoms with Gasteiger partial charge in [-0.15, -0.1) is 11.3 Å². The molecule has 4 aromatic rings. The van der Waals surface area contributed by atoms with Crippen LogP contribution in [0.5, 0.6) is 0 Å². The highest BCUT2D eigenvalue weighted by Gasteiger charge is 2.33. The molecule has 2 aromatic heterocycles. The molecule has 6 heteroatoms. The minimum absolute atomic E-state index is 0.0182. The second-order valence-corrected chi connectivity index (χ2v) is 10.1. The van der Waals surface area contributed by atoms with Gasteiger partial charge in [-0.3, -0.25) is 9.36 Å². The molecule has 0 aliphatic carbocycles. The average molecular weight is 449 g/mol. The van der Waals surface area contributed by atoms with Crippen LogP contribution in [0.2, 0.25) is 0 Å². The van der Waals surface area contributed by atoms with Crippen LogP contribution in [0.3, 0.4) is 0 Å². The summed E-state index contributed by atoms with van der Waals surface area (Å²) in [5.74, 6) is 0.758. The topological polar surface area (TPSA) is 44.1 Å². The number of aromatic nitrogens is 2. The van der Waals surface area contributed by atoms with Gasteiger partial charge in [-0.05, 0) is 36.6 Å². The highest BCUT2D eigenvalue weighted by atomic mass is 32.2. The van der Waals surface area contributed by atoms with E-state index in [4.69, 9.17) is 9.72 Å². The number of para-hydroxylation sites is 1. The van der Waals surface area contributed by atoms with E-state index in [1.807, 2.05) is 48.5 Å². The number of hydrogen-bond acceptors (Lipinski definition) is 5. The van der Waals surface area contributed by atoms with Gasteiger partial charge in [0.1, 0.15) is 4.83 Å². The van der Waals surface area contributed by atoms with Crippen molar-refractivity contribution < 1.29 is 4.74 Å². The van der Waals surface area contributed by atoms with Crippen molar-refractivity contribution in [3.63, 3.8) is 0 Å². The molecule has 2 aromatic carbocycles. The van der Waals surface area contributed by atoms with Crippen LogP contribution in [0.1, 0.15) is 36.3 Å². The Hall–Kier alpha value is -2.41. The molecule has 1 aliphatic rings. The lowest BCUT2D eigenvalue weighted by Crippen LogP contribution is -2.34. The quantitative estimate of drug-likeness (QED) is 0.278. The largest absolute Gasteiger partial charge is 0.369 e. The molecule has 1 unspecified atom stereocenters. The molecule has 4 nitrogen and oxygen atoms in total. The molecular weight excluding hydrogens is 424 g/mol. The Bertz CT molecular complexity index is 1280. The maximum atomic E-state index is 13.9. The molecular formula is C25H24N2O2S2. The molecule has 31 heavy (non-hydrogen) atoms. The number of thioether (sulfide) groups is 1. The Balaban J connectivity index is 1.67. The van der Waals surface area contributed by atoms with Gasteiger partial charge >= 0.3 is 0 Å². The van der Waals surface area contributed by atoms with Gasteiger partial charge in [0.05, 0.1) is 23.3 Å². The normalized spacial score (nSPS) is 18.3. The lowest BCUT2D eigenvalue weighted by molar-refractivity contribution is -0.0543. The predicted molar refractivity (Wildman–Crippen MR) is 128 cm³/mol. The monoisotopic (exact) mass is 448 g/mol. The van der Waals surface area contributed by atoms with E-state index in [0.717, 1.165) is 50.1 Å². The first-order chi connectivity index (χ1) is 15.1. The second kappa shape index (κ2) is 8.26. The summed E-state index contributed by atoms with van der Waals surface area (Å²) in [5, 5.41) is 1.49. The molecule has 0 radical (unpaired) electrons. The lowest BCUT2D eigenvalue weighted by Gasteiger charge is -2.32. The maximum absolute atomic E-state index is 13.9. The number of hydrogen-bond donors (Lipinski definition) is 0. The van der Waals surface area contributed by atoms with Crippen molar-refractivity contribution in [1.82, 2.24) is 9.55 Å². The molecule has 5 rings (SSSR count). The zero-order chi connectivity index (χ0) is 21.4. The number of fused-ring (bicyclic) bond motifs is 3. The predicted octanol–water partition coefficient (Wildman–Crippen LogP) is 5.98. The minimum Gasteiger partial charge on any atom is -0.369 e. The molecule has 0 saturated carbocycles. The van der Waals surface area contributed by atoms with Gasteiger partial charge in [0, 0.05) is 17.1 Å². The van der Waals surface area contributed by atoms with E-state index in [9.17, 15) is 4.79 Å². The SMILES string of the molecule is CCC1(C)Cc2c(sc3nc(SCc4ccccc4)n(-c4ccccc4)c(=O)c23)CO1. The zero-order valence-electron chi connectivity index (χ0n) is 17.6. The zero-order valence-corrected chi connectivity index (χ0v) is 19.3. The second-order valence-electron chi connectivity index (χ2n) is 8.10. The van der Waals surface area contributed by atoms with Gasteiger partial charge in [0.2, 0.25) is 0 Å². The minimum atomic E-state index is -0.230. The summed E-state index contributed by atoms with van der Waals surface area (Å²) in [6.07, 6.45) is 1.66. The van der Waals surface area contributed by atoms with E-state index < -0.39 is 0 Å². The molecule has 0 spiro atoms. The summed E-state index contributed by atoms with van der Waals surface area (Å²) < 4.78 is 7.91. The Labute approximate surface area is 189 Å². The van der Waals surface area contributed by atoms with Gasteiger partial charge in [-0.1, -0.05) is 67.2 Å².